The van der Waals surface area contributed by atoms with Crippen molar-refractivity contribution in [1.29, 1.82) is 0 Å². The molecule has 0 radical (unpaired) electrons. The minimum atomic E-state index is -0.233. The average Bonchev–Trinajstić information content (AvgIpc) is 3.51. The van der Waals surface area contributed by atoms with Crippen molar-refractivity contribution >= 4 is 22.5 Å². The third-order valence-corrected chi connectivity index (χ3v) is 5.69. The number of methoxy groups -OCH3 is 1. The predicted molar refractivity (Wildman–Crippen MR) is 121 cm³/mol. The number of benzene rings is 2. The average molecular weight is 429 g/mol. The lowest BCUT2D eigenvalue weighted by atomic mass is 10.0. The number of hydrogen-bond donors (Lipinski definition) is 2. The Balaban J connectivity index is 1.55. The van der Waals surface area contributed by atoms with Crippen LogP contribution < -0.4 is 15.1 Å². The van der Waals surface area contributed by atoms with Crippen molar-refractivity contribution < 1.29 is 14.4 Å². The Morgan fingerprint density at radius 2 is 2.06 bits per heavy atom. The molecule has 1 amide bonds. The van der Waals surface area contributed by atoms with Gasteiger partial charge in [0.1, 0.15) is 0 Å². The van der Waals surface area contributed by atoms with Crippen LogP contribution in [0.5, 0.6) is 5.88 Å². The Bertz CT molecular complexity index is 1270. The fraction of sp³-hybridized carbons (Fsp3) is 0.208. The summed E-state index contributed by atoms with van der Waals surface area (Å²) in [6, 6.07) is 18.2. The van der Waals surface area contributed by atoms with E-state index in [9.17, 15) is 4.79 Å². The summed E-state index contributed by atoms with van der Waals surface area (Å²) >= 11 is 0. The second-order valence-electron chi connectivity index (χ2n) is 7.54. The summed E-state index contributed by atoms with van der Waals surface area (Å²) in [6.45, 7) is 0.642. The van der Waals surface area contributed by atoms with E-state index < -0.39 is 0 Å². The van der Waals surface area contributed by atoms with Crippen LogP contribution in [0.25, 0.3) is 22.0 Å². The number of amides is 1. The quantitative estimate of drug-likeness (QED) is 0.500. The molecule has 32 heavy (non-hydrogen) atoms. The second-order valence-corrected chi connectivity index (χ2v) is 7.54. The number of aromatic amines is 1. The van der Waals surface area contributed by atoms with E-state index in [1.54, 1.807) is 20.4 Å². The summed E-state index contributed by atoms with van der Waals surface area (Å²) in [5.74, 6) is 0.276. The highest BCUT2D eigenvalue weighted by molar-refractivity contribution is 6.05. The summed E-state index contributed by atoms with van der Waals surface area (Å²) in [6.07, 6.45) is 2.66. The minimum Gasteiger partial charge on any atom is -0.481 e. The lowest BCUT2D eigenvalue weighted by molar-refractivity contribution is 0.0959. The first kappa shape index (κ1) is 20.0. The largest absolute Gasteiger partial charge is 0.481 e. The van der Waals surface area contributed by atoms with Crippen LogP contribution in [0.3, 0.4) is 0 Å². The van der Waals surface area contributed by atoms with Crippen LogP contribution >= 0.6 is 0 Å². The van der Waals surface area contributed by atoms with E-state index in [4.69, 9.17) is 9.57 Å². The van der Waals surface area contributed by atoms with E-state index in [0.29, 0.717) is 18.2 Å². The third kappa shape index (κ3) is 3.44. The highest BCUT2D eigenvalue weighted by atomic mass is 16.7. The van der Waals surface area contributed by atoms with Gasteiger partial charge < -0.3 is 10.1 Å². The highest BCUT2D eigenvalue weighted by Crippen LogP contribution is 2.39. The van der Waals surface area contributed by atoms with Crippen LogP contribution in [0.2, 0.25) is 0 Å². The molecule has 5 rings (SSSR count). The number of carbonyl (C=O) groups excluding carboxylic acids is 1. The monoisotopic (exact) mass is 429 g/mol. The van der Waals surface area contributed by atoms with E-state index in [1.165, 1.54) is 5.56 Å². The van der Waals surface area contributed by atoms with Gasteiger partial charge in [0.2, 0.25) is 5.88 Å². The molecule has 1 saturated heterocycles. The summed E-state index contributed by atoms with van der Waals surface area (Å²) in [5, 5.41) is 12.4. The number of fused-ring (bicyclic) bond motifs is 1. The van der Waals surface area contributed by atoms with Crippen molar-refractivity contribution in [2.75, 3.05) is 25.8 Å². The number of nitrogens with one attached hydrogen (secondary N) is 2. The van der Waals surface area contributed by atoms with Gasteiger partial charge in [-0.05, 0) is 29.3 Å². The topological polar surface area (TPSA) is 92.4 Å². The molecular formula is C24H23N5O3. The summed E-state index contributed by atoms with van der Waals surface area (Å²) < 4.78 is 5.54. The van der Waals surface area contributed by atoms with Crippen LogP contribution in [0.15, 0.2) is 60.8 Å². The van der Waals surface area contributed by atoms with E-state index in [0.717, 1.165) is 34.1 Å². The molecular weight excluding hydrogens is 406 g/mol. The van der Waals surface area contributed by atoms with E-state index in [2.05, 4.69) is 32.6 Å². The molecule has 3 heterocycles. The molecule has 2 aromatic heterocycles. The van der Waals surface area contributed by atoms with E-state index in [1.807, 2.05) is 47.5 Å². The van der Waals surface area contributed by atoms with Crippen molar-refractivity contribution in [3.8, 4) is 17.0 Å². The molecule has 1 aliphatic heterocycles. The van der Waals surface area contributed by atoms with Gasteiger partial charge in [0.05, 0.1) is 37.2 Å². The summed E-state index contributed by atoms with van der Waals surface area (Å²) in [5.41, 5.74) is 4.89. The number of aromatic nitrogens is 3. The van der Waals surface area contributed by atoms with Crippen molar-refractivity contribution in [1.82, 2.24) is 20.5 Å². The number of carbonyl (C=O) groups is 1. The molecule has 4 aromatic rings. The molecule has 0 bridgehead atoms. The molecule has 8 heteroatoms. The molecule has 0 unspecified atom stereocenters. The van der Waals surface area contributed by atoms with Gasteiger partial charge in [0.15, 0.2) is 5.69 Å². The maximum atomic E-state index is 12.0. The zero-order valence-electron chi connectivity index (χ0n) is 17.8. The van der Waals surface area contributed by atoms with E-state index in [-0.39, 0.29) is 11.9 Å². The lowest BCUT2D eigenvalue weighted by Gasteiger charge is -2.25. The molecule has 0 aliphatic carbocycles. The second kappa shape index (κ2) is 8.32. The number of rotatable bonds is 5. The number of hydroxylamine groups is 1. The molecule has 0 spiro atoms. The zero-order chi connectivity index (χ0) is 22.1. The molecule has 162 valence electrons. The summed E-state index contributed by atoms with van der Waals surface area (Å²) in [4.78, 5) is 22.6. The molecule has 1 atom stereocenters. The van der Waals surface area contributed by atoms with Gasteiger partial charge in [0.25, 0.3) is 5.91 Å². The van der Waals surface area contributed by atoms with Crippen LogP contribution in [-0.2, 0) is 4.84 Å². The predicted octanol–water partition coefficient (Wildman–Crippen LogP) is 3.88. The van der Waals surface area contributed by atoms with Gasteiger partial charge in [-0.25, -0.2) is 10.0 Å². The molecule has 2 N–H and O–H groups in total. The first-order valence-electron chi connectivity index (χ1n) is 10.4. The van der Waals surface area contributed by atoms with E-state index >= 15 is 0 Å². The Hall–Kier alpha value is -3.91. The van der Waals surface area contributed by atoms with Gasteiger partial charge in [-0.15, -0.1) is 0 Å². The number of H-pyrrole nitrogens is 1. The normalized spacial score (nSPS) is 15.8. The number of hydrogen-bond acceptors (Lipinski definition) is 6. The van der Waals surface area contributed by atoms with Gasteiger partial charge >= 0.3 is 0 Å². The van der Waals surface area contributed by atoms with Crippen molar-refractivity contribution in [3.63, 3.8) is 0 Å². The Morgan fingerprint density at radius 1 is 1.22 bits per heavy atom. The van der Waals surface area contributed by atoms with Gasteiger partial charge in [-0.3, -0.25) is 14.7 Å². The van der Waals surface area contributed by atoms with Crippen LogP contribution in [0.1, 0.15) is 28.5 Å². The van der Waals surface area contributed by atoms with Gasteiger partial charge in [-0.2, -0.15) is 5.10 Å². The number of nitrogens with zero attached hydrogens (tertiary/aromatic N) is 3. The van der Waals surface area contributed by atoms with Crippen LogP contribution in [-0.4, -0.2) is 41.9 Å². The Labute approximate surface area is 185 Å². The molecule has 8 nitrogen and oxygen atoms in total. The van der Waals surface area contributed by atoms with Crippen molar-refractivity contribution in [2.45, 2.75) is 12.5 Å². The molecule has 1 aliphatic rings. The molecule has 1 fully saturated rings. The smallest absolute Gasteiger partial charge is 0.272 e. The van der Waals surface area contributed by atoms with Crippen molar-refractivity contribution in [2.24, 2.45) is 0 Å². The van der Waals surface area contributed by atoms with Crippen LogP contribution in [0.4, 0.5) is 5.69 Å². The molecule has 0 saturated carbocycles. The van der Waals surface area contributed by atoms with Crippen molar-refractivity contribution in [3.05, 3.63) is 72.1 Å². The SMILES string of the molecule is CNC(=O)c1n[nH]c2cc(-c3cc(N4OCC[C@H]4c4ccccc4)cnc3OC)ccc12. The maximum Gasteiger partial charge on any atom is 0.272 e. The first-order chi connectivity index (χ1) is 15.7. The number of anilines is 1. The Morgan fingerprint density at radius 3 is 2.84 bits per heavy atom. The fourth-order valence-electron chi connectivity index (χ4n) is 4.11. The van der Waals surface area contributed by atoms with Gasteiger partial charge in [-0.1, -0.05) is 36.4 Å². The van der Waals surface area contributed by atoms with Gasteiger partial charge in [0, 0.05) is 24.4 Å². The lowest BCUT2D eigenvalue weighted by Crippen LogP contribution is -2.21. The zero-order valence-corrected chi connectivity index (χ0v) is 17.8. The summed E-state index contributed by atoms with van der Waals surface area (Å²) in [7, 11) is 3.19. The standard InChI is InChI=1S/C24H23N5O3/c1-25-23(30)22-18-9-8-16(12-20(18)27-28-22)19-13-17(14-26-24(19)31-2)29-21(10-11-32-29)15-6-4-3-5-7-15/h3-9,12-14,21H,10-11H2,1-2H3,(H,25,30)(H,27,28)/t21-/m0/s1. The fourth-order valence-corrected chi connectivity index (χ4v) is 4.11. The number of ether oxygens (including phenoxy) is 1. The first-order valence-corrected chi connectivity index (χ1v) is 10.4. The highest BCUT2D eigenvalue weighted by Gasteiger charge is 2.29. The number of pyridine rings is 1. The third-order valence-electron chi connectivity index (χ3n) is 5.69. The van der Waals surface area contributed by atoms with Crippen LogP contribution in [0, 0.1) is 0 Å². The maximum absolute atomic E-state index is 12.0. The Kier molecular flexibility index (Phi) is 5.20. The molecule has 2 aromatic carbocycles. The minimum absolute atomic E-state index is 0.115.